The number of anilines is 1. The van der Waals surface area contributed by atoms with Crippen LogP contribution in [0.5, 0.6) is 5.75 Å². The molecule has 0 spiro atoms. The van der Waals surface area contributed by atoms with Gasteiger partial charge in [0, 0.05) is 43.6 Å². The minimum absolute atomic E-state index is 0.193. The minimum atomic E-state index is -0.580. The zero-order valence-corrected chi connectivity index (χ0v) is 23.1. The normalized spacial score (nSPS) is 10.6. The number of urea groups is 1. The lowest BCUT2D eigenvalue weighted by molar-refractivity contribution is 0.0594. The Labute approximate surface area is 244 Å². The first-order chi connectivity index (χ1) is 20.6. The number of hydrogen-bond donors (Lipinski definition) is 1. The van der Waals surface area contributed by atoms with Gasteiger partial charge in [-0.05, 0) is 52.6 Å². The molecule has 0 aliphatic carbocycles. The van der Waals surface area contributed by atoms with Crippen molar-refractivity contribution in [3.8, 4) is 5.75 Å². The van der Waals surface area contributed by atoms with Crippen molar-refractivity contribution < 1.29 is 19.1 Å². The quantitative estimate of drug-likeness (QED) is 0.193. The fraction of sp³-hybridized carbons (Fsp3) is 0.118. The number of carbonyl (C=O) groups excluding carboxylic acids is 2. The zero-order valence-electron chi connectivity index (χ0n) is 23.1. The van der Waals surface area contributed by atoms with E-state index >= 15 is 0 Å². The second-order valence-corrected chi connectivity index (χ2v) is 9.53. The zero-order chi connectivity index (χ0) is 29.1. The molecule has 5 rings (SSSR count). The number of benzene rings is 3. The molecule has 3 aromatic carbocycles. The van der Waals surface area contributed by atoms with E-state index in [0.29, 0.717) is 24.5 Å². The Kier molecular flexibility index (Phi) is 9.16. The van der Waals surface area contributed by atoms with Crippen molar-refractivity contribution >= 4 is 17.7 Å². The van der Waals surface area contributed by atoms with E-state index in [9.17, 15) is 9.59 Å². The number of amides is 2. The summed E-state index contributed by atoms with van der Waals surface area (Å²) < 4.78 is 11.5. The maximum Gasteiger partial charge on any atom is 0.341 e. The average Bonchev–Trinajstić information content (AvgIpc) is 3.05. The lowest BCUT2D eigenvalue weighted by Crippen LogP contribution is -2.34. The number of ether oxygens (including phenoxy) is 2. The van der Waals surface area contributed by atoms with E-state index in [1.54, 1.807) is 47.9 Å². The summed E-state index contributed by atoms with van der Waals surface area (Å²) in [6.07, 6.45) is 6.35. The van der Waals surface area contributed by atoms with E-state index in [0.717, 1.165) is 22.3 Å². The molecule has 0 bridgehead atoms. The van der Waals surface area contributed by atoms with Gasteiger partial charge in [-0.3, -0.25) is 9.97 Å². The number of pyridine rings is 2. The Bertz CT molecular complexity index is 1520. The molecule has 8 nitrogen and oxygen atoms in total. The summed E-state index contributed by atoms with van der Waals surface area (Å²) in [5.41, 5.74) is 4.23. The summed E-state index contributed by atoms with van der Waals surface area (Å²) >= 11 is 0. The van der Waals surface area contributed by atoms with Gasteiger partial charge in [-0.25, -0.2) is 9.59 Å². The van der Waals surface area contributed by atoms with Crippen molar-refractivity contribution in [1.29, 1.82) is 0 Å². The van der Waals surface area contributed by atoms with Gasteiger partial charge in [0.1, 0.15) is 17.4 Å². The molecule has 2 aromatic heterocycles. The third-order valence-electron chi connectivity index (χ3n) is 6.57. The lowest BCUT2D eigenvalue weighted by Gasteiger charge is -2.24. The predicted octanol–water partition coefficient (Wildman–Crippen LogP) is 6.67. The lowest BCUT2D eigenvalue weighted by atomic mass is 10.0. The molecule has 0 saturated heterocycles. The first-order valence-corrected chi connectivity index (χ1v) is 13.4. The highest BCUT2D eigenvalue weighted by atomic mass is 16.5. The summed E-state index contributed by atoms with van der Waals surface area (Å²) in [7, 11) is 1.31. The minimum Gasteiger partial charge on any atom is -0.480 e. The van der Waals surface area contributed by atoms with E-state index in [4.69, 9.17) is 9.47 Å². The van der Waals surface area contributed by atoms with E-state index in [1.807, 2.05) is 84.9 Å². The van der Waals surface area contributed by atoms with E-state index in [1.165, 1.54) is 7.11 Å². The van der Waals surface area contributed by atoms with Gasteiger partial charge in [-0.2, -0.15) is 0 Å². The van der Waals surface area contributed by atoms with Crippen LogP contribution in [0.15, 0.2) is 128 Å². The van der Waals surface area contributed by atoms with Crippen LogP contribution in [0.1, 0.15) is 38.7 Å². The van der Waals surface area contributed by atoms with Gasteiger partial charge in [0.2, 0.25) is 0 Å². The number of aromatic nitrogens is 2. The molecule has 0 saturated carbocycles. The summed E-state index contributed by atoms with van der Waals surface area (Å²) in [6.45, 7) is 0.658. The van der Waals surface area contributed by atoms with Gasteiger partial charge < -0.3 is 19.7 Å². The Hall–Kier alpha value is -5.50. The van der Waals surface area contributed by atoms with Crippen molar-refractivity contribution in [3.63, 3.8) is 0 Å². The summed E-state index contributed by atoms with van der Waals surface area (Å²) in [5.74, 6) is -0.247. The van der Waals surface area contributed by atoms with Gasteiger partial charge >= 0.3 is 12.0 Å². The molecule has 1 N–H and O–H groups in total. The maximum absolute atomic E-state index is 13.5. The SMILES string of the molecule is COC(=O)c1cc(NC(=O)N(Cc2cccnc2)Cc2cccnc2)ccc1OC(c1ccccc1)c1ccccc1. The number of carbonyl (C=O) groups is 2. The third kappa shape index (κ3) is 7.17. The van der Waals surface area contributed by atoms with E-state index in [-0.39, 0.29) is 11.6 Å². The summed E-state index contributed by atoms with van der Waals surface area (Å²) in [6, 6.07) is 31.6. The third-order valence-corrected chi connectivity index (χ3v) is 6.57. The molecule has 0 aliphatic rings. The van der Waals surface area contributed by atoms with Gasteiger partial charge in [-0.1, -0.05) is 72.8 Å². The molecule has 2 amide bonds. The van der Waals surface area contributed by atoms with Crippen molar-refractivity contribution in [2.24, 2.45) is 0 Å². The van der Waals surface area contributed by atoms with Crippen molar-refractivity contribution in [1.82, 2.24) is 14.9 Å². The Morgan fingerprint density at radius 2 is 1.33 bits per heavy atom. The highest BCUT2D eigenvalue weighted by molar-refractivity contribution is 5.96. The fourth-order valence-electron chi connectivity index (χ4n) is 4.52. The van der Waals surface area contributed by atoms with Crippen LogP contribution in [0.4, 0.5) is 10.5 Å². The fourth-order valence-corrected chi connectivity index (χ4v) is 4.52. The van der Waals surface area contributed by atoms with Crippen LogP contribution >= 0.6 is 0 Å². The first kappa shape index (κ1) is 28.0. The average molecular weight is 559 g/mol. The van der Waals surface area contributed by atoms with Crippen LogP contribution in [0.2, 0.25) is 0 Å². The van der Waals surface area contributed by atoms with Crippen LogP contribution in [-0.2, 0) is 17.8 Å². The standard InChI is InChI=1S/C34H30N4O4/c1-41-33(39)30-20-29(16-17-31(30)42-32(27-12-4-2-5-13-27)28-14-6-3-7-15-28)37-34(40)38(23-25-10-8-18-35-21-25)24-26-11-9-19-36-22-26/h2-22,32H,23-24H2,1H3,(H,37,40). The molecule has 0 unspecified atom stereocenters. The topological polar surface area (TPSA) is 93.7 Å². The summed E-state index contributed by atoms with van der Waals surface area (Å²) in [5, 5.41) is 2.93. The van der Waals surface area contributed by atoms with E-state index < -0.39 is 12.1 Å². The maximum atomic E-state index is 13.5. The van der Waals surface area contributed by atoms with E-state index in [2.05, 4.69) is 15.3 Å². The van der Waals surface area contributed by atoms with Crippen LogP contribution in [0.25, 0.3) is 0 Å². The molecular formula is C34H30N4O4. The number of hydrogen-bond acceptors (Lipinski definition) is 6. The molecule has 210 valence electrons. The van der Waals surface area contributed by atoms with Gasteiger partial charge in [-0.15, -0.1) is 0 Å². The largest absolute Gasteiger partial charge is 0.480 e. The van der Waals surface area contributed by atoms with Crippen LogP contribution in [-0.4, -0.2) is 34.0 Å². The Morgan fingerprint density at radius 3 is 1.83 bits per heavy atom. The molecule has 0 radical (unpaired) electrons. The molecule has 5 aromatic rings. The van der Waals surface area contributed by atoms with Crippen LogP contribution in [0, 0.1) is 0 Å². The second kappa shape index (κ2) is 13.7. The number of nitrogens with one attached hydrogen (secondary N) is 1. The molecule has 0 atom stereocenters. The molecule has 2 heterocycles. The Morgan fingerprint density at radius 1 is 0.762 bits per heavy atom. The van der Waals surface area contributed by atoms with Gasteiger partial charge in [0.25, 0.3) is 0 Å². The first-order valence-electron chi connectivity index (χ1n) is 13.4. The molecule has 0 aliphatic heterocycles. The Balaban J connectivity index is 1.42. The van der Waals surface area contributed by atoms with Crippen molar-refractivity contribution in [2.75, 3.05) is 12.4 Å². The number of esters is 1. The molecule has 42 heavy (non-hydrogen) atoms. The number of nitrogens with zero attached hydrogens (tertiary/aromatic N) is 3. The molecule has 8 heteroatoms. The number of methoxy groups -OCH3 is 1. The van der Waals surface area contributed by atoms with Crippen molar-refractivity contribution in [3.05, 3.63) is 156 Å². The second-order valence-electron chi connectivity index (χ2n) is 9.53. The predicted molar refractivity (Wildman–Crippen MR) is 160 cm³/mol. The molecule has 0 fully saturated rings. The van der Waals surface area contributed by atoms with Gasteiger partial charge in [0.15, 0.2) is 0 Å². The van der Waals surface area contributed by atoms with Gasteiger partial charge in [0.05, 0.1) is 7.11 Å². The highest BCUT2D eigenvalue weighted by Gasteiger charge is 2.22. The van der Waals surface area contributed by atoms with Crippen molar-refractivity contribution in [2.45, 2.75) is 19.2 Å². The number of rotatable bonds is 10. The van der Waals surface area contributed by atoms with Crippen LogP contribution < -0.4 is 10.1 Å². The van der Waals surface area contributed by atoms with Crippen LogP contribution in [0.3, 0.4) is 0 Å². The smallest absolute Gasteiger partial charge is 0.341 e. The molecular weight excluding hydrogens is 528 g/mol. The monoisotopic (exact) mass is 558 g/mol. The summed E-state index contributed by atoms with van der Waals surface area (Å²) in [4.78, 5) is 36.4. The highest BCUT2D eigenvalue weighted by Crippen LogP contribution is 2.32.